The Morgan fingerprint density at radius 3 is 2.64 bits per heavy atom. The van der Waals surface area contributed by atoms with Gasteiger partial charge in [-0.1, -0.05) is 12.1 Å². The molecule has 118 valence electrons. The Bertz CT molecular complexity index is 576. The van der Waals surface area contributed by atoms with Crippen molar-refractivity contribution in [2.24, 2.45) is 0 Å². The van der Waals surface area contributed by atoms with Crippen LogP contribution in [0.5, 0.6) is 5.75 Å². The zero-order valence-corrected chi connectivity index (χ0v) is 14.3. The second-order valence-electron chi connectivity index (χ2n) is 4.85. The van der Waals surface area contributed by atoms with Crippen LogP contribution in [0.2, 0.25) is 0 Å². The highest BCUT2D eigenvalue weighted by molar-refractivity contribution is 5.90. The third-order valence-corrected chi connectivity index (χ3v) is 3.20. The number of amides is 1. The van der Waals surface area contributed by atoms with Crippen LogP contribution < -0.4 is 31.6 Å². The summed E-state index contributed by atoms with van der Waals surface area (Å²) in [5.41, 5.74) is 0.775. The van der Waals surface area contributed by atoms with E-state index in [1.807, 2.05) is 54.9 Å². The minimum absolute atomic E-state index is 0. The molecule has 1 aromatic heterocycles. The molecule has 2 rings (SSSR count). The van der Waals surface area contributed by atoms with Crippen LogP contribution in [0.1, 0.15) is 19.3 Å². The molecule has 0 saturated heterocycles. The summed E-state index contributed by atoms with van der Waals surface area (Å²) in [7, 11) is 1.61. The zero-order chi connectivity index (χ0) is 14.9. The highest BCUT2D eigenvalue weighted by atomic mass is 79.9. The molecule has 1 aromatic carbocycles. The van der Waals surface area contributed by atoms with Crippen molar-refractivity contribution in [1.29, 1.82) is 0 Å². The normalized spacial score (nSPS) is 9.68. The number of rotatable bonds is 7. The largest absolute Gasteiger partial charge is 1.00 e. The fraction of sp³-hybridized carbons (Fsp3) is 0.294. The number of hydrogen-bond donors (Lipinski definition) is 1. The van der Waals surface area contributed by atoms with E-state index in [2.05, 4.69) is 9.88 Å². The lowest BCUT2D eigenvalue weighted by molar-refractivity contribution is -0.697. The van der Waals surface area contributed by atoms with Gasteiger partial charge < -0.3 is 27.0 Å². The molecule has 0 bridgehead atoms. The average molecular weight is 365 g/mol. The maximum absolute atomic E-state index is 11.9. The number of unbranched alkanes of at least 4 members (excludes halogenated alkanes) is 1. The number of nitrogens with one attached hydrogen (secondary N) is 1. The molecule has 0 fully saturated rings. The first kappa shape index (κ1) is 18.2. The summed E-state index contributed by atoms with van der Waals surface area (Å²) in [5, 5.41) is 2.89. The Morgan fingerprint density at radius 2 is 1.91 bits per heavy atom. The van der Waals surface area contributed by atoms with Gasteiger partial charge in [0.25, 0.3) is 0 Å². The first-order valence-corrected chi connectivity index (χ1v) is 7.16. The molecule has 0 atom stereocenters. The minimum atomic E-state index is 0. The van der Waals surface area contributed by atoms with Gasteiger partial charge >= 0.3 is 0 Å². The summed E-state index contributed by atoms with van der Waals surface area (Å²) >= 11 is 0. The van der Waals surface area contributed by atoms with Gasteiger partial charge in [0.15, 0.2) is 12.4 Å². The molecule has 0 aliphatic carbocycles. The van der Waals surface area contributed by atoms with Crippen molar-refractivity contribution in [3.05, 3.63) is 54.9 Å². The number of pyridine rings is 1. The Morgan fingerprint density at radius 1 is 1.14 bits per heavy atom. The van der Waals surface area contributed by atoms with Gasteiger partial charge in [-0.3, -0.25) is 4.79 Å². The van der Waals surface area contributed by atoms with Crippen LogP contribution in [-0.4, -0.2) is 13.0 Å². The van der Waals surface area contributed by atoms with E-state index in [1.165, 1.54) is 0 Å². The number of hydrogen-bond acceptors (Lipinski definition) is 2. The smallest absolute Gasteiger partial charge is 0.224 e. The number of ether oxygens (including phenoxy) is 1. The lowest BCUT2D eigenvalue weighted by Crippen LogP contribution is -3.00. The monoisotopic (exact) mass is 364 g/mol. The number of nitrogens with zero attached hydrogens (tertiary/aromatic N) is 1. The van der Waals surface area contributed by atoms with Crippen LogP contribution in [0, 0.1) is 0 Å². The lowest BCUT2D eigenvalue weighted by atomic mass is 10.2. The summed E-state index contributed by atoms with van der Waals surface area (Å²) in [4.78, 5) is 11.9. The predicted octanol–water partition coefficient (Wildman–Crippen LogP) is -0.204. The van der Waals surface area contributed by atoms with Gasteiger partial charge in [0, 0.05) is 36.7 Å². The van der Waals surface area contributed by atoms with Crippen molar-refractivity contribution >= 4 is 11.6 Å². The van der Waals surface area contributed by atoms with Gasteiger partial charge in [-0.05, 0) is 18.6 Å². The molecule has 0 spiro atoms. The zero-order valence-electron chi connectivity index (χ0n) is 12.7. The molecule has 2 aromatic rings. The Hall–Kier alpha value is -1.88. The van der Waals surface area contributed by atoms with E-state index in [1.54, 1.807) is 7.11 Å². The lowest BCUT2D eigenvalue weighted by Gasteiger charge is -2.06. The molecule has 22 heavy (non-hydrogen) atoms. The third-order valence-electron chi connectivity index (χ3n) is 3.20. The van der Waals surface area contributed by atoms with Crippen LogP contribution in [-0.2, 0) is 11.3 Å². The fourth-order valence-corrected chi connectivity index (χ4v) is 2.09. The number of carbonyl (C=O) groups excluding carboxylic acids is 1. The fourth-order valence-electron chi connectivity index (χ4n) is 2.09. The van der Waals surface area contributed by atoms with E-state index in [4.69, 9.17) is 4.74 Å². The Kier molecular flexibility index (Phi) is 8.22. The Labute approximate surface area is 141 Å². The molecule has 0 radical (unpaired) electrons. The number of methoxy groups -OCH3 is 1. The van der Waals surface area contributed by atoms with E-state index in [0.717, 1.165) is 30.8 Å². The number of aryl methyl sites for hydroxylation is 1. The molecule has 0 saturated carbocycles. The minimum Gasteiger partial charge on any atom is -1.00 e. The number of halogens is 1. The number of anilines is 1. The molecule has 0 unspecified atom stereocenters. The SMILES string of the molecule is COc1cccc(NC(=O)CCCC[n+]2ccccc2)c1.[Br-]. The maximum Gasteiger partial charge on any atom is 0.224 e. The second kappa shape index (κ2) is 9.95. The van der Waals surface area contributed by atoms with Gasteiger partial charge in [-0.2, -0.15) is 0 Å². The number of carbonyl (C=O) groups is 1. The molecular formula is C17H21BrN2O2. The van der Waals surface area contributed by atoms with Crippen molar-refractivity contribution in [3.8, 4) is 5.75 Å². The van der Waals surface area contributed by atoms with E-state index >= 15 is 0 Å². The van der Waals surface area contributed by atoms with E-state index in [-0.39, 0.29) is 22.9 Å². The average Bonchev–Trinajstić information content (AvgIpc) is 2.53. The quantitative estimate of drug-likeness (QED) is 0.545. The van der Waals surface area contributed by atoms with Crippen LogP contribution in [0.15, 0.2) is 54.9 Å². The van der Waals surface area contributed by atoms with Crippen molar-refractivity contribution in [3.63, 3.8) is 0 Å². The van der Waals surface area contributed by atoms with Gasteiger partial charge in [0.1, 0.15) is 12.3 Å². The highest BCUT2D eigenvalue weighted by Crippen LogP contribution is 2.16. The molecule has 5 heteroatoms. The van der Waals surface area contributed by atoms with Crippen molar-refractivity contribution in [1.82, 2.24) is 0 Å². The number of benzene rings is 1. The van der Waals surface area contributed by atoms with Gasteiger partial charge in [-0.15, -0.1) is 0 Å². The van der Waals surface area contributed by atoms with Gasteiger partial charge in [-0.25, -0.2) is 4.57 Å². The van der Waals surface area contributed by atoms with E-state index in [0.29, 0.717) is 6.42 Å². The maximum atomic E-state index is 11.9. The second-order valence-corrected chi connectivity index (χ2v) is 4.85. The number of aromatic nitrogens is 1. The van der Waals surface area contributed by atoms with Crippen LogP contribution in [0.3, 0.4) is 0 Å². The van der Waals surface area contributed by atoms with E-state index in [9.17, 15) is 4.79 Å². The standard InChI is InChI=1S/C17H20N2O2.BrH/c1-21-16-9-7-8-15(14-16)18-17(20)10-3-6-13-19-11-4-2-5-12-19;/h2,4-5,7-9,11-12,14H,3,6,10,13H2,1H3;1H. The summed E-state index contributed by atoms with van der Waals surface area (Å²) < 4.78 is 7.25. The summed E-state index contributed by atoms with van der Waals surface area (Å²) in [6, 6.07) is 13.4. The first-order chi connectivity index (χ1) is 10.3. The highest BCUT2D eigenvalue weighted by Gasteiger charge is 2.04. The first-order valence-electron chi connectivity index (χ1n) is 7.16. The van der Waals surface area contributed by atoms with E-state index < -0.39 is 0 Å². The molecule has 1 N–H and O–H groups in total. The predicted molar refractivity (Wildman–Crippen MR) is 82.1 cm³/mol. The van der Waals surface area contributed by atoms with Crippen LogP contribution in [0.25, 0.3) is 0 Å². The van der Waals surface area contributed by atoms with Crippen molar-refractivity contribution in [2.75, 3.05) is 12.4 Å². The molecular weight excluding hydrogens is 344 g/mol. The van der Waals surface area contributed by atoms with Gasteiger partial charge in [0.05, 0.1) is 7.11 Å². The third kappa shape index (κ3) is 6.26. The van der Waals surface area contributed by atoms with Crippen molar-refractivity contribution in [2.45, 2.75) is 25.8 Å². The molecule has 0 aliphatic rings. The van der Waals surface area contributed by atoms with Crippen molar-refractivity contribution < 1.29 is 31.1 Å². The van der Waals surface area contributed by atoms with Gasteiger partial charge in [0.2, 0.25) is 5.91 Å². The summed E-state index contributed by atoms with van der Waals surface area (Å²) in [5.74, 6) is 0.787. The van der Waals surface area contributed by atoms with Crippen LogP contribution in [0.4, 0.5) is 5.69 Å². The molecule has 4 nitrogen and oxygen atoms in total. The molecule has 1 amide bonds. The summed E-state index contributed by atoms with van der Waals surface area (Å²) in [6.07, 6.45) is 6.47. The molecule has 1 heterocycles. The summed E-state index contributed by atoms with van der Waals surface area (Å²) in [6.45, 7) is 0.938. The topological polar surface area (TPSA) is 42.2 Å². The van der Waals surface area contributed by atoms with Crippen LogP contribution >= 0.6 is 0 Å². The Balaban J connectivity index is 0.00000242. The molecule has 0 aliphatic heterocycles.